The zero-order chi connectivity index (χ0) is 22.8. The van der Waals surface area contributed by atoms with E-state index in [1.54, 1.807) is 29.0 Å². The molecule has 8 nitrogen and oxygen atoms in total. The lowest BCUT2D eigenvalue weighted by Crippen LogP contribution is -2.47. The van der Waals surface area contributed by atoms with Crippen LogP contribution >= 0.6 is 22.9 Å². The van der Waals surface area contributed by atoms with Crippen LogP contribution in [0.25, 0.3) is 5.52 Å². The lowest BCUT2D eigenvalue weighted by Gasteiger charge is -2.34. The number of rotatable bonds is 3. The number of piperidine rings is 1. The van der Waals surface area contributed by atoms with Crippen LogP contribution in [0.3, 0.4) is 0 Å². The van der Waals surface area contributed by atoms with Crippen LogP contribution in [0.1, 0.15) is 33.8 Å². The third-order valence-electron chi connectivity index (χ3n) is 5.47. The Kier molecular flexibility index (Phi) is 5.86. The van der Waals surface area contributed by atoms with E-state index in [4.69, 9.17) is 17.3 Å². The first kappa shape index (κ1) is 21.2. The molecule has 10 heteroatoms. The van der Waals surface area contributed by atoms with Crippen LogP contribution in [0.4, 0.5) is 11.5 Å². The number of hydrogen-bond acceptors (Lipinski definition) is 7. The fourth-order valence-electron chi connectivity index (χ4n) is 3.96. The van der Waals surface area contributed by atoms with Gasteiger partial charge in [-0.1, -0.05) is 17.5 Å². The van der Waals surface area contributed by atoms with E-state index < -0.39 is 0 Å². The molecule has 1 aliphatic rings. The molecule has 0 bridgehead atoms. The number of hydrogen-bond donors (Lipinski definition) is 2. The first-order chi connectivity index (χ1) is 16.1. The van der Waals surface area contributed by atoms with E-state index in [2.05, 4.69) is 37.1 Å². The van der Waals surface area contributed by atoms with Crippen LogP contribution in [-0.2, 0) is 0 Å². The van der Waals surface area contributed by atoms with Gasteiger partial charge in [-0.25, -0.2) is 9.50 Å². The SMILES string of the molecule is Nc1ncnn2c(C#Cc3ccncc3)cc(N3CCC[C@@H](NC(=O)c4ccc(Cl)s4)C3)c12. The second kappa shape index (κ2) is 9.10. The van der Waals surface area contributed by atoms with Gasteiger partial charge in [-0.15, -0.1) is 11.3 Å². The Morgan fingerprint density at radius 1 is 1.24 bits per heavy atom. The molecule has 0 aliphatic carbocycles. The van der Waals surface area contributed by atoms with Gasteiger partial charge >= 0.3 is 0 Å². The maximum atomic E-state index is 12.6. The first-order valence-corrected chi connectivity index (χ1v) is 11.6. The van der Waals surface area contributed by atoms with E-state index in [-0.39, 0.29) is 11.9 Å². The van der Waals surface area contributed by atoms with Crippen molar-refractivity contribution in [3.63, 3.8) is 0 Å². The van der Waals surface area contributed by atoms with Gasteiger partial charge < -0.3 is 16.0 Å². The molecule has 1 atom stereocenters. The van der Waals surface area contributed by atoms with Crippen molar-refractivity contribution in [3.8, 4) is 11.8 Å². The van der Waals surface area contributed by atoms with Crippen molar-refractivity contribution in [1.82, 2.24) is 24.9 Å². The number of pyridine rings is 1. The highest BCUT2D eigenvalue weighted by atomic mass is 35.5. The largest absolute Gasteiger partial charge is 0.382 e. The van der Waals surface area contributed by atoms with Crippen molar-refractivity contribution < 1.29 is 4.79 Å². The molecule has 4 aromatic heterocycles. The molecule has 0 saturated carbocycles. The maximum absolute atomic E-state index is 12.6. The molecule has 5 heterocycles. The van der Waals surface area contributed by atoms with Gasteiger partial charge in [0.25, 0.3) is 5.91 Å². The third-order valence-corrected chi connectivity index (χ3v) is 6.70. The van der Waals surface area contributed by atoms with Crippen LogP contribution in [0.15, 0.2) is 49.1 Å². The van der Waals surface area contributed by atoms with E-state index in [1.165, 1.54) is 17.7 Å². The molecule has 3 N–H and O–H groups in total. The molecule has 166 valence electrons. The Hall–Kier alpha value is -3.61. The number of nitrogens with zero attached hydrogens (tertiary/aromatic N) is 5. The number of nitrogen functional groups attached to an aromatic ring is 1. The van der Waals surface area contributed by atoms with Gasteiger partial charge in [0.2, 0.25) is 0 Å². The van der Waals surface area contributed by atoms with Gasteiger partial charge in [0.1, 0.15) is 17.5 Å². The molecule has 1 aliphatic heterocycles. The monoisotopic (exact) mass is 477 g/mol. The Morgan fingerprint density at radius 3 is 2.88 bits per heavy atom. The zero-order valence-electron chi connectivity index (χ0n) is 17.5. The minimum absolute atomic E-state index is 0.000663. The summed E-state index contributed by atoms with van der Waals surface area (Å²) in [4.78, 5) is 23.6. The topological polar surface area (TPSA) is 101 Å². The van der Waals surface area contributed by atoms with E-state index in [9.17, 15) is 4.79 Å². The van der Waals surface area contributed by atoms with E-state index in [0.29, 0.717) is 32.8 Å². The second-order valence-corrected chi connectivity index (χ2v) is 9.38. The lowest BCUT2D eigenvalue weighted by molar-refractivity contribution is 0.0937. The fraction of sp³-hybridized carbons (Fsp3) is 0.217. The van der Waals surface area contributed by atoms with Crippen molar-refractivity contribution in [2.24, 2.45) is 0 Å². The molecule has 1 saturated heterocycles. The molecule has 5 rings (SSSR count). The molecule has 0 spiro atoms. The number of thiophene rings is 1. The van der Waals surface area contributed by atoms with Crippen molar-refractivity contribution in [2.45, 2.75) is 18.9 Å². The van der Waals surface area contributed by atoms with Crippen LogP contribution in [0.2, 0.25) is 4.34 Å². The zero-order valence-corrected chi connectivity index (χ0v) is 19.1. The number of anilines is 2. The van der Waals surface area contributed by atoms with Gasteiger partial charge in [-0.2, -0.15) is 5.10 Å². The highest BCUT2D eigenvalue weighted by molar-refractivity contribution is 7.18. The molecule has 33 heavy (non-hydrogen) atoms. The summed E-state index contributed by atoms with van der Waals surface area (Å²) in [6, 6.07) is 9.17. The predicted octanol–water partition coefficient (Wildman–Crippen LogP) is 3.22. The number of halogens is 1. The second-order valence-electron chi connectivity index (χ2n) is 7.67. The van der Waals surface area contributed by atoms with Gasteiger partial charge in [0.05, 0.1) is 14.9 Å². The molecule has 0 aromatic carbocycles. The van der Waals surface area contributed by atoms with Crippen molar-refractivity contribution in [2.75, 3.05) is 23.7 Å². The van der Waals surface area contributed by atoms with E-state index >= 15 is 0 Å². The number of aromatic nitrogens is 4. The van der Waals surface area contributed by atoms with Crippen molar-refractivity contribution in [1.29, 1.82) is 0 Å². The van der Waals surface area contributed by atoms with Gasteiger partial charge in [-0.3, -0.25) is 9.78 Å². The van der Waals surface area contributed by atoms with Gasteiger partial charge in [0.15, 0.2) is 5.82 Å². The third kappa shape index (κ3) is 4.49. The minimum atomic E-state index is -0.104. The Bertz CT molecular complexity index is 1370. The molecular formula is C23H20ClN7OS. The van der Waals surface area contributed by atoms with Crippen molar-refractivity contribution in [3.05, 3.63) is 69.5 Å². The number of amides is 1. The first-order valence-electron chi connectivity index (χ1n) is 10.4. The van der Waals surface area contributed by atoms with Gasteiger partial charge in [0, 0.05) is 37.1 Å². The van der Waals surface area contributed by atoms with Crippen LogP contribution < -0.4 is 16.0 Å². The number of carbonyl (C=O) groups excluding carboxylic acids is 1. The molecule has 0 unspecified atom stereocenters. The summed E-state index contributed by atoms with van der Waals surface area (Å²) < 4.78 is 2.32. The molecule has 1 amide bonds. The Labute approximate surface area is 199 Å². The number of nitrogens with one attached hydrogen (secondary N) is 1. The quantitative estimate of drug-likeness (QED) is 0.439. The molecule has 0 radical (unpaired) electrons. The Balaban J connectivity index is 1.43. The summed E-state index contributed by atoms with van der Waals surface area (Å²) in [5.74, 6) is 6.62. The molecule has 4 aromatic rings. The van der Waals surface area contributed by atoms with Crippen LogP contribution in [0, 0.1) is 11.8 Å². The molecule has 1 fully saturated rings. The Morgan fingerprint density at radius 2 is 2.09 bits per heavy atom. The summed E-state index contributed by atoms with van der Waals surface area (Å²) in [6.45, 7) is 1.48. The average Bonchev–Trinajstić information content (AvgIpc) is 3.43. The summed E-state index contributed by atoms with van der Waals surface area (Å²) in [5, 5.41) is 7.51. The smallest absolute Gasteiger partial charge is 0.261 e. The standard InChI is InChI=1S/C23H20ClN7OS/c24-20-6-5-19(33-20)23(32)29-16-2-1-11-30(13-16)18-12-17(4-3-15-7-9-26-10-8-15)31-21(18)22(25)27-14-28-31/h5-10,12,14,16H,1-2,11,13H2,(H,29,32)(H2,25,27,28)/t16-/m1/s1. The van der Waals surface area contributed by atoms with Crippen molar-refractivity contribution >= 4 is 45.9 Å². The minimum Gasteiger partial charge on any atom is -0.382 e. The average molecular weight is 478 g/mol. The van der Waals surface area contributed by atoms with E-state index in [1.807, 2.05) is 18.2 Å². The number of nitrogens with two attached hydrogens (primary N) is 1. The molecular weight excluding hydrogens is 458 g/mol. The predicted molar refractivity (Wildman–Crippen MR) is 130 cm³/mol. The summed E-state index contributed by atoms with van der Waals surface area (Å²) in [5.41, 5.74) is 9.44. The highest BCUT2D eigenvalue weighted by Crippen LogP contribution is 2.31. The highest BCUT2D eigenvalue weighted by Gasteiger charge is 2.26. The summed E-state index contributed by atoms with van der Waals surface area (Å²) in [7, 11) is 0. The lowest BCUT2D eigenvalue weighted by atomic mass is 10.0. The van der Waals surface area contributed by atoms with E-state index in [0.717, 1.165) is 30.6 Å². The van der Waals surface area contributed by atoms with Crippen LogP contribution in [-0.4, -0.2) is 44.6 Å². The summed E-state index contributed by atoms with van der Waals surface area (Å²) >= 11 is 7.25. The summed E-state index contributed by atoms with van der Waals surface area (Å²) in [6.07, 6.45) is 6.67. The normalized spacial score (nSPS) is 15.8. The number of fused-ring (bicyclic) bond motifs is 1. The number of carbonyl (C=O) groups is 1. The fourth-order valence-corrected chi connectivity index (χ4v) is 4.90. The van der Waals surface area contributed by atoms with Gasteiger partial charge in [-0.05, 0) is 49.1 Å². The van der Waals surface area contributed by atoms with Crippen LogP contribution in [0.5, 0.6) is 0 Å². The maximum Gasteiger partial charge on any atom is 0.261 e.